The maximum atomic E-state index is 12.6. The van der Waals surface area contributed by atoms with Crippen LogP contribution < -0.4 is 15.0 Å². The van der Waals surface area contributed by atoms with Gasteiger partial charge in [0.25, 0.3) is 5.91 Å². The summed E-state index contributed by atoms with van der Waals surface area (Å²) in [7, 11) is 1.50. The molecule has 2 amide bonds. The van der Waals surface area contributed by atoms with Gasteiger partial charge in [-0.1, -0.05) is 40.9 Å². The van der Waals surface area contributed by atoms with Crippen LogP contribution in [0.3, 0.4) is 0 Å². The zero-order valence-electron chi connectivity index (χ0n) is 18.8. The van der Waals surface area contributed by atoms with Gasteiger partial charge in [0.1, 0.15) is 5.75 Å². The summed E-state index contributed by atoms with van der Waals surface area (Å²) in [6.45, 7) is 2.59. The summed E-state index contributed by atoms with van der Waals surface area (Å²) in [6.07, 6.45) is 2.95. The maximum Gasteiger partial charge on any atom is 0.264 e. The van der Waals surface area contributed by atoms with Crippen LogP contribution in [-0.2, 0) is 4.79 Å². The quantitative estimate of drug-likeness (QED) is 0.364. The van der Waals surface area contributed by atoms with Gasteiger partial charge in [0.15, 0.2) is 0 Å². The van der Waals surface area contributed by atoms with Gasteiger partial charge in [-0.3, -0.25) is 9.59 Å². The van der Waals surface area contributed by atoms with Crippen LogP contribution in [0.25, 0.3) is 6.08 Å². The number of nitrogens with zero attached hydrogens (tertiary/aromatic N) is 2. The SMILES string of the molecule is COc1c(Cl)cc(Cl)cc1/C=C/C(=O)Nc1ccc(N2CCN(C(=O)c3cccs3)CC2)c(Cl)c1. The van der Waals surface area contributed by atoms with Gasteiger partial charge in [0, 0.05) is 48.5 Å². The first kappa shape index (κ1) is 25.4. The summed E-state index contributed by atoms with van der Waals surface area (Å²) < 4.78 is 5.29. The molecule has 35 heavy (non-hydrogen) atoms. The average molecular weight is 551 g/mol. The van der Waals surface area contributed by atoms with Crippen molar-refractivity contribution in [1.82, 2.24) is 4.90 Å². The van der Waals surface area contributed by atoms with Crippen molar-refractivity contribution < 1.29 is 14.3 Å². The van der Waals surface area contributed by atoms with Gasteiger partial charge in [-0.2, -0.15) is 0 Å². The van der Waals surface area contributed by atoms with Gasteiger partial charge < -0.3 is 19.9 Å². The topological polar surface area (TPSA) is 61.9 Å². The number of methoxy groups -OCH3 is 1. The number of thiophene rings is 1. The first-order valence-corrected chi connectivity index (χ1v) is 12.8. The van der Waals surface area contributed by atoms with Gasteiger partial charge in [-0.05, 0) is 47.9 Å². The standard InChI is InChI=1S/C25H22Cl3N3O3S/c1-34-24-16(13-17(26)14-20(24)28)4-7-23(32)29-18-5-6-21(19(27)15-18)30-8-10-31(11-9-30)25(33)22-3-2-12-35-22/h2-7,12-15H,8-11H2,1H3,(H,29,32)/b7-4+. The highest BCUT2D eigenvalue weighted by molar-refractivity contribution is 7.12. The predicted molar refractivity (Wildman–Crippen MR) is 145 cm³/mol. The summed E-state index contributed by atoms with van der Waals surface area (Å²) in [5, 5.41) is 6.03. The molecule has 4 rings (SSSR count). The first-order valence-electron chi connectivity index (χ1n) is 10.7. The number of nitrogens with one attached hydrogen (secondary N) is 1. The van der Waals surface area contributed by atoms with Gasteiger partial charge in [-0.15, -0.1) is 11.3 Å². The van der Waals surface area contributed by atoms with Crippen LogP contribution in [0.1, 0.15) is 15.2 Å². The molecule has 0 bridgehead atoms. The van der Waals surface area contributed by atoms with Crippen molar-refractivity contribution in [3.63, 3.8) is 0 Å². The highest BCUT2D eigenvalue weighted by Gasteiger charge is 2.24. The number of ether oxygens (including phenoxy) is 1. The van der Waals surface area contributed by atoms with E-state index in [-0.39, 0.29) is 11.8 Å². The number of benzene rings is 2. The molecule has 0 aliphatic carbocycles. The Morgan fingerprint density at radius 2 is 1.80 bits per heavy atom. The Morgan fingerprint density at radius 1 is 1.03 bits per heavy atom. The van der Waals surface area contributed by atoms with E-state index in [1.807, 2.05) is 28.5 Å². The second kappa shape index (κ2) is 11.4. The van der Waals surface area contributed by atoms with Crippen molar-refractivity contribution in [3.8, 4) is 5.75 Å². The first-order chi connectivity index (χ1) is 16.9. The second-order valence-corrected chi connectivity index (χ2v) is 9.95. The molecule has 6 nitrogen and oxygen atoms in total. The van der Waals surface area contributed by atoms with Crippen LogP contribution in [0.15, 0.2) is 53.9 Å². The molecule has 182 valence electrons. The van der Waals surface area contributed by atoms with Crippen molar-refractivity contribution >= 4 is 75.4 Å². The molecule has 0 atom stereocenters. The van der Waals surface area contributed by atoms with Crippen LogP contribution in [0.5, 0.6) is 5.75 Å². The highest BCUT2D eigenvalue weighted by atomic mass is 35.5. The smallest absolute Gasteiger partial charge is 0.264 e. The van der Waals surface area contributed by atoms with E-state index in [1.54, 1.807) is 30.3 Å². The zero-order valence-corrected chi connectivity index (χ0v) is 21.8. The molecule has 1 aliphatic rings. The minimum atomic E-state index is -0.340. The number of carbonyl (C=O) groups is 2. The molecule has 1 fully saturated rings. The van der Waals surface area contributed by atoms with Gasteiger partial charge >= 0.3 is 0 Å². The summed E-state index contributed by atoms with van der Waals surface area (Å²) in [6, 6.07) is 12.3. The Morgan fingerprint density at radius 3 is 2.46 bits per heavy atom. The van der Waals surface area contributed by atoms with Crippen molar-refractivity contribution in [2.75, 3.05) is 43.5 Å². The lowest BCUT2D eigenvalue weighted by Gasteiger charge is -2.36. The molecule has 0 radical (unpaired) electrons. The van der Waals surface area contributed by atoms with Crippen LogP contribution in [0.4, 0.5) is 11.4 Å². The van der Waals surface area contributed by atoms with Gasteiger partial charge in [0.2, 0.25) is 5.91 Å². The molecule has 0 spiro atoms. The molecular formula is C25H22Cl3N3O3S. The number of halogens is 3. The molecule has 2 heterocycles. The lowest BCUT2D eigenvalue weighted by Crippen LogP contribution is -2.48. The van der Waals surface area contributed by atoms with E-state index >= 15 is 0 Å². The van der Waals surface area contributed by atoms with E-state index in [0.717, 1.165) is 10.6 Å². The molecule has 0 unspecified atom stereocenters. The Labute approximate surface area is 222 Å². The maximum absolute atomic E-state index is 12.6. The Kier molecular flexibility index (Phi) is 8.23. The number of rotatable bonds is 6. The van der Waals surface area contributed by atoms with Crippen molar-refractivity contribution in [1.29, 1.82) is 0 Å². The fourth-order valence-electron chi connectivity index (χ4n) is 3.82. The number of piperazine rings is 1. The lowest BCUT2D eigenvalue weighted by molar-refractivity contribution is -0.111. The van der Waals surface area contributed by atoms with Crippen LogP contribution >= 0.6 is 46.1 Å². The van der Waals surface area contributed by atoms with Gasteiger partial charge in [-0.25, -0.2) is 0 Å². The summed E-state index contributed by atoms with van der Waals surface area (Å²) >= 11 is 20.2. The van der Waals surface area contributed by atoms with Crippen molar-refractivity contribution in [2.45, 2.75) is 0 Å². The van der Waals surface area contributed by atoms with Crippen molar-refractivity contribution in [2.24, 2.45) is 0 Å². The monoisotopic (exact) mass is 549 g/mol. The van der Waals surface area contributed by atoms with E-state index in [0.29, 0.717) is 58.2 Å². The molecule has 3 aromatic rings. The summed E-state index contributed by atoms with van der Waals surface area (Å²) in [4.78, 5) is 29.8. The number of carbonyl (C=O) groups excluding carboxylic acids is 2. The lowest BCUT2D eigenvalue weighted by atomic mass is 10.2. The number of hydrogen-bond donors (Lipinski definition) is 1. The van der Waals surface area contributed by atoms with Crippen molar-refractivity contribution in [3.05, 3.63) is 79.4 Å². The summed E-state index contributed by atoms with van der Waals surface area (Å²) in [5.41, 5.74) is 2.02. The number of amides is 2. The van der Waals surface area contributed by atoms with Crippen LogP contribution in [-0.4, -0.2) is 50.0 Å². The van der Waals surface area contributed by atoms with E-state index in [1.165, 1.54) is 24.5 Å². The second-order valence-electron chi connectivity index (χ2n) is 7.76. The fourth-order valence-corrected chi connectivity index (χ4v) is 5.39. The fraction of sp³-hybridized carbons (Fsp3) is 0.200. The van der Waals surface area contributed by atoms with E-state index in [9.17, 15) is 9.59 Å². The Bertz CT molecular complexity index is 1260. The minimum Gasteiger partial charge on any atom is -0.495 e. The van der Waals surface area contributed by atoms with E-state index in [4.69, 9.17) is 39.5 Å². The minimum absolute atomic E-state index is 0.0644. The third-order valence-corrected chi connectivity index (χ3v) is 7.17. The largest absolute Gasteiger partial charge is 0.495 e. The zero-order chi connectivity index (χ0) is 24.9. The number of anilines is 2. The average Bonchev–Trinajstić information content (AvgIpc) is 3.37. The Hall–Kier alpha value is -2.71. The van der Waals surface area contributed by atoms with Crippen LogP contribution in [0.2, 0.25) is 15.1 Å². The third kappa shape index (κ3) is 6.11. The number of hydrogen-bond acceptors (Lipinski definition) is 5. The molecular weight excluding hydrogens is 529 g/mol. The molecule has 10 heteroatoms. The predicted octanol–water partition coefficient (Wildman–Crippen LogP) is 6.33. The Balaban J connectivity index is 1.37. The molecule has 1 N–H and O–H groups in total. The van der Waals surface area contributed by atoms with E-state index in [2.05, 4.69) is 10.2 Å². The summed E-state index contributed by atoms with van der Waals surface area (Å²) in [5.74, 6) is 0.159. The molecule has 1 aromatic heterocycles. The molecule has 2 aromatic carbocycles. The van der Waals surface area contributed by atoms with E-state index < -0.39 is 0 Å². The third-order valence-electron chi connectivity index (χ3n) is 5.51. The molecule has 1 aliphatic heterocycles. The normalized spacial score (nSPS) is 13.8. The molecule has 1 saturated heterocycles. The molecule has 0 saturated carbocycles. The van der Waals surface area contributed by atoms with Crippen LogP contribution in [0, 0.1) is 0 Å². The van der Waals surface area contributed by atoms with Gasteiger partial charge in [0.05, 0.1) is 27.7 Å². The highest BCUT2D eigenvalue weighted by Crippen LogP contribution is 2.33.